The van der Waals surface area contributed by atoms with Crippen LogP contribution in [-0.4, -0.2) is 10.1 Å². The van der Waals surface area contributed by atoms with Crippen molar-refractivity contribution in [1.29, 1.82) is 0 Å². The molecule has 0 bridgehead atoms. The van der Waals surface area contributed by atoms with Crippen LogP contribution in [0.15, 0.2) is 66.7 Å². The van der Waals surface area contributed by atoms with E-state index in [9.17, 15) is 5.11 Å². The molecule has 4 rings (SSSR count). The van der Waals surface area contributed by atoms with Gasteiger partial charge in [0.25, 0.3) is 0 Å². The number of para-hydroxylation sites is 1. The van der Waals surface area contributed by atoms with Crippen molar-refractivity contribution < 1.29 is 5.11 Å². The second-order valence-corrected chi connectivity index (χ2v) is 5.64. The maximum atomic E-state index is 10.3. The van der Waals surface area contributed by atoms with E-state index in [0.29, 0.717) is 5.75 Å². The van der Waals surface area contributed by atoms with Crippen molar-refractivity contribution in [2.45, 2.75) is 12.8 Å². The number of aromatic nitrogens is 1. The lowest BCUT2D eigenvalue weighted by molar-refractivity contribution is 0.469. The van der Waals surface area contributed by atoms with Gasteiger partial charge in [0.2, 0.25) is 0 Å². The van der Waals surface area contributed by atoms with Crippen LogP contribution >= 0.6 is 0 Å². The molecule has 3 aromatic carbocycles. The molecular formula is C20H17NO. The van der Waals surface area contributed by atoms with E-state index in [0.717, 1.165) is 29.4 Å². The lowest BCUT2D eigenvalue weighted by Gasteiger charge is -2.07. The number of hydrogen-bond donors (Lipinski definition) is 2. The normalized spacial score (nSPS) is 11.3. The molecule has 4 aromatic rings. The average Bonchev–Trinajstić information content (AvgIpc) is 2.93. The van der Waals surface area contributed by atoms with E-state index in [4.69, 9.17) is 0 Å². The topological polar surface area (TPSA) is 36.0 Å². The predicted molar refractivity (Wildman–Crippen MR) is 91.3 cm³/mol. The first-order chi connectivity index (χ1) is 10.8. The number of aryl methyl sites for hydroxylation is 2. The molecule has 0 spiro atoms. The van der Waals surface area contributed by atoms with Crippen LogP contribution < -0.4 is 0 Å². The molecule has 108 valence electrons. The molecule has 2 nitrogen and oxygen atoms in total. The van der Waals surface area contributed by atoms with Gasteiger partial charge in [-0.05, 0) is 36.6 Å². The largest absolute Gasteiger partial charge is 0.508 e. The highest BCUT2D eigenvalue weighted by Gasteiger charge is 2.11. The highest BCUT2D eigenvalue weighted by atomic mass is 16.3. The number of fused-ring (bicyclic) bond motifs is 3. The molecule has 1 aromatic heterocycles. The fourth-order valence-corrected chi connectivity index (χ4v) is 3.13. The average molecular weight is 287 g/mol. The molecule has 0 saturated carbocycles. The van der Waals surface area contributed by atoms with Crippen LogP contribution in [0.25, 0.3) is 21.8 Å². The summed E-state index contributed by atoms with van der Waals surface area (Å²) in [5, 5.41) is 12.7. The first-order valence-corrected chi connectivity index (χ1v) is 7.58. The number of benzene rings is 3. The summed E-state index contributed by atoms with van der Waals surface area (Å²) in [6, 6.07) is 22.5. The molecular weight excluding hydrogens is 270 g/mol. The fraction of sp³-hybridized carbons (Fsp3) is 0.100. The van der Waals surface area contributed by atoms with Crippen molar-refractivity contribution in [3.8, 4) is 5.75 Å². The molecule has 1 heterocycles. The van der Waals surface area contributed by atoms with Gasteiger partial charge in [-0.3, -0.25) is 0 Å². The Hall–Kier alpha value is -2.74. The van der Waals surface area contributed by atoms with Crippen LogP contribution in [0.1, 0.15) is 11.1 Å². The number of hydrogen-bond acceptors (Lipinski definition) is 1. The van der Waals surface area contributed by atoms with Gasteiger partial charge in [-0.2, -0.15) is 0 Å². The zero-order valence-corrected chi connectivity index (χ0v) is 12.2. The van der Waals surface area contributed by atoms with Gasteiger partial charge in [0.1, 0.15) is 5.75 Å². The number of aromatic amines is 1. The van der Waals surface area contributed by atoms with E-state index in [1.807, 2.05) is 30.3 Å². The Balaban J connectivity index is 1.80. The highest BCUT2D eigenvalue weighted by Crippen LogP contribution is 2.33. The van der Waals surface area contributed by atoms with Crippen LogP contribution in [0, 0.1) is 0 Å². The number of nitrogens with one attached hydrogen (secondary N) is 1. The van der Waals surface area contributed by atoms with E-state index in [1.165, 1.54) is 16.3 Å². The van der Waals surface area contributed by atoms with Gasteiger partial charge in [0.05, 0.1) is 5.52 Å². The van der Waals surface area contributed by atoms with E-state index < -0.39 is 0 Å². The molecule has 0 radical (unpaired) electrons. The molecule has 0 aliphatic carbocycles. The van der Waals surface area contributed by atoms with E-state index in [1.54, 1.807) is 0 Å². The van der Waals surface area contributed by atoms with Crippen LogP contribution in [-0.2, 0) is 12.8 Å². The van der Waals surface area contributed by atoms with Gasteiger partial charge < -0.3 is 10.1 Å². The summed E-state index contributed by atoms with van der Waals surface area (Å²) in [7, 11) is 0. The zero-order valence-electron chi connectivity index (χ0n) is 12.2. The maximum Gasteiger partial charge on any atom is 0.120 e. The monoisotopic (exact) mass is 287 g/mol. The molecule has 2 heteroatoms. The Morgan fingerprint density at radius 3 is 2.36 bits per heavy atom. The summed E-state index contributed by atoms with van der Waals surface area (Å²) >= 11 is 0. The van der Waals surface area contributed by atoms with Gasteiger partial charge in [-0.1, -0.05) is 48.5 Å². The Morgan fingerprint density at radius 1 is 0.727 bits per heavy atom. The first kappa shape index (κ1) is 13.0. The number of phenols is 1. The second kappa shape index (κ2) is 5.23. The third-order valence-electron chi connectivity index (χ3n) is 4.27. The lowest BCUT2D eigenvalue weighted by atomic mass is 10.0. The van der Waals surface area contributed by atoms with E-state index in [2.05, 4.69) is 41.4 Å². The second-order valence-electron chi connectivity index (χ2n) is 5.64. The quantitative estimate of drug-likeness (QED) is 0.557. The van der Waals surface area contributed by atoms with Gasteiger partial charge >= 0.3 is 0 Å². The summed E-state index contributed by atoms with van der Waals surface area (Å²) in [6.07, 6.45) is 1.74. The van der Waals surface area contributed by atoms with Crippen LogP contribution in [0.3, 0.4) is 0 Å². The third-order valence-corrected chi connectivity index (χ3v) is 4.27. The predicted octanol–water partition coefficient (Wildman–Crippen LogP) is 4.81. The van der Waals surface area contributed by atoms with Gasteiger partial charge in [0, 0.05) is 21.9 Å². The smallest absolute Gasteiger partial charge is 0.120 e. The number of H-pyrrole nitrogens is 1. The van der Waals surface area contributed by atoms with Gasteiger partial charge in [-0.15, -0.1) is 0 Å². The molecule has 0 aliphatic heterocycles. The van der Waals surface area contributed by atoms with Crippen molar-refractivity contribution >= 4 is 21.8 Å². The SMILES string of the molecule is Oc1ccc2c([nH]c3ccccc32)c1CCc1ccccc1. The van der Waals surface area contributed by atoms with Crippen LogP contribution in [0.4, 0.5) is 0 Å². The van der Waals surface area contributed by atoms with Gasteiger partial charge in [0.15, 0.2) is 0 Å². The summed E-state index contributed by atoms with van der Waals surface area (Å²) in [5.41, 5.74) is 4.45. The Kier molecular flexibility index (Phi) is 3.08. The van der Waals surface area contributed by atoms with Crippen LogP contribution in [0.2, 0.25) is 0 Å². The summed E-state index contributed by atoms with van der Waals surface area (Å²) in [6.45, 7) is 0. The minimum Gasteiger partial charge on any atom is -0.508 e. The van der Waals surface area contributed by atoms with Crippen molar-refractivity contribution in [2.24, 2.45) is 0 Å². The number of phenolic OH excluding ortho intramolecular Hbond substituents is 1. The molecule has 2 N–H and O–H groups in total. The number of rotatable bonds is 3. The minimum atomic E-state index is 0.370. The Labute approximate surface area is 129 Å². The van der Waals surface area contributed by atoms with Crippen molar-refractivity contribution in [1.82, 2.24) is 4.98 Å². The third kappa shape index (κ3) is 2.13. The molecule has 0 unspecified atom stereocenters. The molecule has 0 atom stereocenters. The van der Waals surface area contributed by atoms with Crippen molar-refractivity contribution in [3.05, 3.63) is 77.9 Å². The zero-order chi connectivity index (χ0) is 14.9. The summed E-state index contributed by atoms with van der Waals surface area (Å²) in [4.78, 5) is 3.46. The highest BCUT2D eigenvalue weighted by molar-refractivity contribution is 6.08. The fourth-order valence-electron chi connectivity index (χ4n) is 3.13. The first-order valence-electron chi connectivity index (χ1n) is 7.58. The van der Waals surface area contributed by atoms with Crippen molar-refractivity contribution in [3.63, 3.8) is 0 Å². The standard InChI is InChI=1S/C20H17NO/c22-19-13-12-16-15-8-4-5-9-18(15)21-20(16)17(19)11-10-14-6-2-1-3-7-14/h1-9,12-13,21-22H,10-11H2. The molecule has 22 heavy (non-hydrogen) atoms. The number of aromatic hydroxyl groups is 1. The van der Waals surface area contributed by atoms with E-state index in [-0.39, 0.29) is 0 Å². The summed E-state index contributed by atoms with van der Waals surface area (Å²) in [5.74, 6) is 0.370. The molecule has 0 fully saturated rings. The van der Waals surface area contributed by atoms with Crippen molar-refractivity contribution in [2.75, 3.05) is 0 Å². The van der Waals surface area contributed by atoms with Gasteiger partial charge in [-0.25, -0.2) is 0 Å². The van der Waals surface area contributed by atoms with Crippen LogP contribution in [0.5, 0.6) is 5.75 Å². The Morgan fingerprint density at radius 2 is 1.50 bits per heavy atom. The summed E-state index contributed by atoms with van der Waals surface area (Å²) < 4.78 is 0. The van der Waals surface area contributed by atoms with E-state index >= 15 is 0 Å². The Bertz CT molecular complexity index is 938. The minimum absolute atomic E-state index is 0.370. The maximum absolute atomic E-state index is 10.3. The molecule has 0 amide bonds. The molecule has 0 saturated heterocycles. The lowest BCUT2D eigenvalue weighted by Crippen LogP contribution is -1.93. The molecule has 0 aliphatic rings.